The van der Waals surface area contributed by atoms with Crippen molar-refractivity contribution in [3.63, 3.8) is 0 Å². The van der Waals surface area contributed by atoms with Crippen molar-refractivity contribution in [1.82, 2.24) is 0 Å². The molecule has 0 saturated carbocycles. The van der Waals surface area contributed by atoms with Crippen LogP contribution in [0.1, 0.15) is 39.2 Å². The fraction of sp³-hybridized carbons (Fsp3) is 0.538. The van der Waals surface area contributed by atoms with Gasteiger partial charge < -0.3 is 5.32 Å². The molecule has 0 radical (unpaired) electrons. The number of rotatable bonds is 2. The lowest BCUT2D eigenvalue weighted by Crippen LogP contribution is -2.16. The minimum Gasteiger partial charge on any atom is -0.372 e. The molecule has 0 bridgehead atoms. The monoisotopic (exact) mass is 221 g/mol. The number of hydrogen-bond acceptors (Lipinski definition) is 2. The van der Waals surface area contributed by atoms with Gasteiger partial charge in [0.05, 0.1) is 5.37 Å². The Bertz CT molecular complexity index is 358. The number of fused-ring (bicyclic) bond motifs is 1. The van der Waals surface area contributed by atoms with E-state index in [4.69, 9.17) is 0 Å². The SMILES string of the molecule is CC(C)c1ccc2c(c1)NC(C(C)C)S2. The molecule has 1 heterocycles. The van der Waals surface area contributed by atoms with E-state index in [0.29, 0.717) is 17.2 Å². The summed E-state index contributed by atoms with van der Waals surface area (Å²) < 4.78 is 0. The van der Waals surface area contributed by atoms with Gasteiger partial charge >= 0.3 is 0 Å². The van der Waals surface area contributed by atoms with Crippen LogP contribution < -0.4 is 5.32 Å². The Balaban J connectivity index is 2.24. The van der Waals surface area contributed by atoms with E-state index in [1.807, 2.05) is 11.8 Å². The van der Waals surface area contributed by atoms with Gasteiger partial charge in [0.15, 0.2) is 0 Å². The highest BCUT2D eigenvalue weighted by Crippen LogP contribution is 2.42. The first kappa shape index (κ1) is 10.9. The average Bonchev–Trinajstić information content (AvgIpc) is 2.59. The summed E-state index contributed by atoms with van der Waals surface area (Å²) in [5, 5.41) is 4.14. The molecule has 0 aliphatic carbocycles. The van der Waals surface area contributed by atoms with E-state index in [0.717, 1.165) is 0 Å². The van der Waals surface area contributed by atoms with Crippen LogP contribution in [0.3, 0.4) is 0 Å². The van der Waals surface area contributed by atoms with E-state index in [9.17, 15) is 0 Å². The molecule has 0 aromatic heterocycles. The Hall–Kier alpha value is -0.630. The van der Waals surface area contributed by atoms with E-state index in [2.05, 4.69) is 51.2 Å². The van der Waals surface area contributed by atoms with Crippen molar-refractivity contribution in [2.45, 2.75) is 43.9 Å². The van der Waals surface area contributed by atoms with Crippen LogP contribution in [0, 0.1) is 5.92 Å². The highest BCUT2D eigenvalue weighted by atomic mass is 32.2. The van der Waals surface area contributed by atoms with Crippen LogP contribution in [-0.2, 0) is 0 Å². The molecule has 1 N–H and O–H groups in total. The maximum absolute atomic E-state index is 3.59. The van der Waals surface area contributed by atoms with Crippen molar-refractivity contribution in [3.05, 3.63) is 23.8 Å². The molecule has 1 nitrogen and oxygen atoms in total. The summed E-state index contributed by atoms with van der Waals surface area (Å²) in [7, 11) is 0. The topological polar surface area (TPSA) is 12.0 Å². The normalized spacial score (nSPS) is 19.5. The lowest BCUT2D eigenvalue weighted by atomic mass is 10.0. The lowest BCUT2D eigenvalue weighted by Gasteiger charge is -2.13. The summed E-state index contributed by atoms with van der Waals surface area (Å²) in [6.07, 6.45) is 0. The fourth-order valence-corrected chi connectivity index (χ4v) is 2.87. The average molecular weight is 221 g/mol. The zero-order valence-electron chi connectivity index (χ0n) is 9.87. The molecule has 82 valence electrons. The summed E-state index contributed by atoms with van der Waals surface area (Å²) >= 11 is 1.95. The Morgan fingerprint density at radius 2 is 1.93 bits per heavy atom. The van der Waals surface area contributed by atoms with E-state index in [-0.39, 0.29) is 0 Å². The maximum Gasteiger partial charge on any atom is 0.0793 e. The van der Waals surface area contributed by atoms with Crippen molar-refractivity contribution < 1.29 is 0 Å². The molecule has 2 rings (SSSR count). The summed E-state index contributed by atoms with van der Waals surface area (Å²) in [4.78, 5) is 1.40. The van der Waals surface area contributed by atoms with Gasteiger partial charge in [-0.25, -0.2) is 0 Å². The quantitative estimate of drug-likeness (QED) is 0.798. The van der Waals surface area contributed by atoms with E-state index in [1.165, 1.54) is 16.1 Å². The molecule has 1 aliphatic rings. The van der Waals surface area contributed by atoms with Crippen molar-refractivity contribution >= 4 is 17.4 Å². The summed E-state index contributed by atoms with van der Waals surface area (Å²) in [6.45, 7) is 9.01. The molecule has 15 heavy (non-hydrogen) atoms. The molecule has 0 saturated heterocycles. The third-order valence-electron chi connectivity index (χ3n) is 2.83. The molecule has 0 fully saturated rings. The van der Waals surface area contributed by atoms with Crippen LogP contribution in [0.5, 0.6) is 0 Å². The summed E-state index contributed by atoms with van der Waals surface area (Å²) in [5.41, 5.74) is 2.75. The molecule has 0 amide bonds. The van der Waals surface area contributed by atoms with Crippen molar-refractivity contribution in [2.75, 3.05) is 5.32 Å². The Morgan fingerprint density at radius 3 is 2.53 bits per heavy atom. The third kappa shape index (κ3) is 2.15. The van der Waals surface area contributed by atoms with Crippen molar-refractivity contribution in [1.29, 1.82) is 0 Å². The van der Waals surface area contributed by atoms with Gasteiger partial charge in [-0.1, -0.05) is 45.5 Å². The molecule has 1 aromatic rings. The highest BCUT2D eigenvalue weighted by molar-refractivity contribution is 8.00. The molecular weight excluding hydrogens is 202 g/mol. The van der Waals surface area contributed by atoms with Gasteiger partial charge in [-0.3, -0.25) is 0 Å². The molecule has 2 heteroatoms. The van der Waals surface area contributed by atoms with Gasteiger partial charge in [-0.05, 0) is 29.5 Å². The molecular formula is C13H19NS. The van der Waals surface area contributed by atoms with Crippen LogP contribution in [0.25, 0.3) is 0 Å². The number of benzene rings is 1. The summed E-state index contributed by atoms with van der Waals surface area (Å²) in [6, 6.07) is 6.81. The number of nitrogens with one attached hydrogen (secondary N) is 1. The van der Waals surface area contributed by atoms with Crippen LogP contribution in [0.15, 0.2) is 23.1 Å². The second kappa shape index (κ2) is 4.09. The molecule has 1 unspecified atom stereocenters. The summed E-state index contributed by atoms with van der Waals surface area (Å²) in [5.74, 6) is 1.28. The third-order valence-corrected chi connectivity index (χ3v) is 4.35. The Labute approximate surface area is 96.7 Å². The molecule has 1 aromatic carbocycles. The van der Waals surface area contributed by atoms with Crippen LogP contribution in [0.2, 0.25) is 0 Å². The Morgan fingerprint density at radius 1 is 1.20 bits per heavy atom. The minimum atomic E-state index is 0.544. The van der Waals surface area contributed by atoms with Gasteiger partial charge in [-0.15, -0.1) is 0 Å². The van der Waals surface area contributed by atoms with E-state index < -0.39 is 0 Å². The van der Waals surface area contributed by atoms with Crippen LogP contribution in [-0.4, -0.2) is 5.37 Å². The number of thioether (sulfide) groups is 1. The Kier molecular flexibility index (Phi) is 2.96. The predicted molar refractivity (Wildman–Crippen MR) is 68.6 cm³/mol. The van der Waals surface area contributed by atoms with E-state index in [1.54, 1.807) is 0 Å². The highest BCUT2D eigenvalue weighted by Gasteiger charge is 2.23. The largest absolute Gasteiger partial charge is 0.372 e. The van der Waals surface area contributed by atoms with Gasteiger partial charge in [0.1, 0.15) is 0 Å². The maximum atomic E-state index is 3.59. The van der Waals surface area contributed by atoms with Gasteiger partial charge in [0.2, 0.25) is 0 Å². The predicted octanol–water partition coefficient (Wildman–Crippen LogP) is 4.31. The van der Waals surface area contributed by atoms with E-state index >= 15 is 0 Å². The first-order valence-electron chi connectivity index (χ1n) is 5.65. The van der Waals surface area contributed by atoms with Crippen LogP contribution >= 0.6 is 11.8 Å². The second-order valence-electron chi connectivity index (χ2n) is 4.84. The first-order chi connectivity index (χ1) is 7.08. The van der Waals surface area contributed by atoms with Gasteiger partial charge in [-0.2, -0.15) is 0 Å². The zero-order chi connectivity index (χ0) is 11.0. The smallest absolute Gasteiger partial charge is 0.0793 e. The lowest BCUT2D eigenvalue weighted by molar-refractivity contribution is 0.656. The number of hydrogen-bond donors (Lipinski definition) is 1. The van der Waals surface area contributed by atoms with Gasteiger partial charge in [0, 0.05) is 10.6 Å². The molecule has 0 spiro atoms. The van der Waals surface area contributed by atoms with Gasteiger partial charge in [0.25, 0.3) is 0 Å². The number of anilines is 1. The fourth-order valence-electron chi connectivity index (χ4n) is 1.74. The molecule has 1 atom stereocenters. The minimum absolute atomic E-state index is 0.544. The molecule has 1 aliphatic heterocycles. The zero-order valence-corrected chi connectivity index (χ0v) is 10.7. The van der Waals surface area contributed by atoms with Crippen molar-refractivity contribution in [3.8, 4) is 0 Å². The first-order valence-corrected chi connectivity index (χ1v) is 6.53. The standard InChI is InChI=1S/C13H19NS/c1-8(2)10-5-6-12-11(7-10)14-13(15-12)9(3)4/h5-9,13-14H,1-4H3. The van der Waals surface area contributed by atoms with Crippen molar-refractivity contribution in [2.24, 2.45) is 5.92 Å². The van der Waals surface area contributed by atoms with Crippen LogP contribution in [0.4, 0.5) is 5.69 Å². The second-order valence-corrected chi connectivity index (χ2v) is 6.02.